The number of aryl methyl sites for hydroxylation is 2. The van der Waals surface area contributed by atoms with Crippen molar-refractivity contribution in [3.8, 4) is 0 Å². The average molecular weight is 290 g/mol. The summed E-state index contributed by atoms with van der Waals surface area (Å²) in [6.07, 6.45) is 3.94. The molecule has 2 heterocycles. The molecule has 6 heteroatoms. The summed E-state index contributed by atoms with van der Waals surface area (Å²) in [5.41, 5.74) is 0. The highest BCUT2D eigenvalue weighted by molar-refractivity contribution is 5.80. The monoisotopic (exact) mass is 290 g/mol. The lowest BCUT2D eigenvalue weighted by Gasteiger charge is -2.33. The van der Waals surface area contributed by atoms with Gasteiger partial charge >= 0.3 is 0 Å². The Bertz CT molecular complexity index is 522. The Morgan fingerprint density at radius 3 is 2.48 bits per heavy atom. The van der Waals surface area contributed by atoms with E-state index in [2.05, 4.69) is 51.8 Å². The fraction of sp³-hybridized carbons (Fsp3) is 0.667. The lowest BCUT2D eigenvalue weighted by molar-refractivity contribution is 0.215. The van der Waals surface area contributed by atoms with Crippen LogP contribution in [0.1, 0.15) is 31.5 Å². The van der Waals surface area contributed by atoms with Gasteiger partial charge in [-0.1, -0.05) is 0 Å². The molecule has 1 atom stereocenters. The topological polar surface area (TPSA) is 49.6 Å². The second-order valence-electron chi connectivity index (χ2n) is 5.70. The van der Waals surface area contributed by atoms with Gasteiger partial charge in [0.15, 0.2) is 0 Å². The van der Waals surface area contributed by atoms with Gasteiger partial charge in [-0.05, 0) is 40.8 Å². The van der Waals surface area contributed by atoms with Crippen LogP contribution in [0.5, 0.6) is 0 Å². The van der Waals surface area contributed by atoms with E-state index in [1.54, 1.807) is 0 Å². The highest BCUT2D eigenvalue weighted by atomic mass is 15.4. The van der Waals surface area contributed by atoms with Crippen molar-refractivity contribution in [3.63, 3.8) is 0 Å². The highest BCUT2D eigenvalue weighted by Crippen LogP contribution is 2.09. The third-order valence-corrected chi connectivity index (χ3v) is 3.88. The Labute approximate surface area is 127 Å². The minimum Gasteiger partial charge on any atom is -0.358 e. The predicted molar refractivity (Wildman–Crippen MR) is 85.5 cm³/mol. The second kappa shape index (κ2) is 6.85. The Hall–Kier alpha value is -1.69. The number of aliphatic imine (C=N–C) groups is 1. The maximum absolute atomic E-state index is 4.56. The van der Waals surface area contributed by atoms with Crippen LogP contribution < -0.4 is 0 Å². The molecule has 0 saturated carbocycles. The SMILES string of the molecule is CC(=N/C=C\C(C)n1nc(C)nc1C)N1CCN(C)CC1. The largest absolute Gasteiger partial charge is 0.358 e. The van der Waals surface area contributed by atoms with Crippen molar-refractivity contribution in [2.75, 3.05) is 33.2 Å². The van der Waals surface area contributed by atoms with E-state index in [0.29, 0.717) is 0 Å². The predicted octanol–water partition coefficient (Wildman–Crippen LogP) is 1.64. The molecular weight excluding hydrogens is 264 g/mol. The number of allylic oxidation sites excluding steroid dienone is 1. The van der Waals surface area contributed by atoms with Crippen molar-refractivity contribution in [2.24, 2.45) is 4.99 Å². The van der Waals surface area contributed by atoms with E-state index in [9.17, 15) is 0 Å². The summed E-state index contributed by atoms with van der Waals surface area (Å²) in [7, 11) is 2.16. The Morgan fingerprint density at radius 1 is 1.24 bits per heavy atom. The van der Waals surface area contributed by atoms with Crippen molar-refractivity contribution >= 4 is 5.84 Å². The molecule has 0 aliphatic carbocycles. The van der Waals surface area contributed by atoms with E-state index >= 15 is 0 Å². The van der Waals surface area contributed by atoms with Crippen LogP contribution in [-0.2, 0) is 0 Å². The van der Waals surface area contributed by atoms with E-state index in [0.717, 1.165) is 43.7 Å². The minimum atomic E-state index is 0.162. The molecule has 6 nitrogen and oxygen atoms in total. The quantitative estimate of drug-likeness (QED) is 0.627. The molecule has 1 aromatic rings. The summed E-state index contributed by atoms with van der Waals surface area (Å²) in [6.45, 7) is 12.4. The van der Waals surface area contributed by atoms with Crippen LogP contribution in [0.3, 0.4) is 0 Å². The standard InChI is InChI=1S/C15H26N6/c1-12(21-15(4)17-13(2)18-21)6-7-16-14(3)20-10-8-19(5)9-11-20/h6-7,12H,8-11H2,1-5H3/b7-6-,16-14?. The molecule has 116 valence electrons. The van der Waals surface area contributed by atoms with Crippen molar-refractivity contribution < 1.29 is 0 Å². The van der Waals surface area contributed by atoms with Crippen LogP contribution in [0, 0.1) is 13.8 Å². The van der Waals surface area contributed by atoms with Gasteiger partial charge in [0.2, 0.25) is 0 Å². The van der Waals surface area contributed by atoms with E-state index in [1.165, 1.54) is 0 Å². The van der Waals surface area contributed by atoms with Gasteiger partial charge < -0.3 is 9.80 Å². The number of piperazine rings is 1. The molecular formula is C15H26N6. The normalized spacial score (nSPS) is 19.5. The van der Waals surface area contributed by atoms with Gasteiger partial charge in [0.25, 0.3) is 0 Å². The van der Waals surface area contributed by atoms with Gasteiger partial charge in [0, 0.05) is 32.4 Å². The molecule has 0 radical (unpaired) electrons. The Kier molecular flexibility index (Phi) is 5.12. The van der Waals surface area contributed by atoms with Crippen molar-refractivity contribution in [1.82, 2.24) is 24.6 Å². The van der Waals surface area contributed by atoms with E-state index in [1.807, 2.05) is 24.7 Å². The smallest absolute Gasteiger partial charge is 0.147 e. The van der Waals surface area contributed by atoms with Crippen molar-refractivity contribution in [3.05, 3.63) is 23.9 Å². The van der Waals surface area contributed by atoms with E-state index < -0.39 is 0 Å². The first-order valence-electron chi connectivity index (χ1n) is 7.51. The lowest BCUT2D eigenvalue weighted by atomic mass is 10.3. The molecule has 0 bridgehead atoms. The van der Waals surface area contributed by atoms with Crippen molar-refractivity contribution in [2.45, 2.75) is 33.7 Å². The number of nitrogens with zero attached hydrogens (tertiary/aromatic N) is 6. The summed E-state index contributed by atoms with van der Waals surface area (Å²) in [6, 6.07) is 0.162. The summed E-state index contributed by atoms with van der Waals surface area (Å²) >= 11 is 0. The fourth-order valence-corrected chi connectivity index (χ4v) is 2.49. The van der Waals surface area contributed by atoms with Crippen LogP contribution in [0.4, 0.5) is 0 Å². The van der Waals surface area contributed by atoms with Gasteiger partial charge in [-0.3, -0.25) is 0 Å². The maximum atomic E-state index is 4.56. The lowest BCUT2D eigenvalue weighted by Crippen LogP contribution is -2.46. The molecule has 1 unspecified atom stereocenters. The molecule has 1 saturated heterocycles. The number of aromatic nitrogens is 3. The molecule has 1 aliphatic rings. The average Bonchev–Trinajstić information content (AvgIpc) is 2.78. The first-order chi connectivity index (χ1) is 9.97. The van der Waals surface area contributed by atoms with Gasteiger partial charge in [0.1, 0.15) is 17.5 Å². The zero-order chi connectivity index (χ0) is 15.4. The number of amidine groups is 1. The summed E-state index contributed by atoms with van der Waals surface area (Å²) < 4.78 is 1.92. The summed E-state index contributed by atoms with van der Waals surface area (Å²) in [4.78, 5) is 13.6. The Balaban J connectivity index is 1.94. The first kappa shape index (κ1) is 15.7. The molecule has 0 spiro atoms. The maximum Gasteiger partial charge on any atom is 0.147 e. The zero-order valence-electron chi connectivity index (χ0n) is 13.7. The third-order valence-electron chi connectivity index (χ3n) is 3.88. The van der Waals surface area contributed by atoms with Gasteiger partial charge in [-0.15, -0.1) is 0 Å². The van der Waals surface area contributed by atoms with Crippen LogP contribution in [0.15, 0.2) is 17.3 Å². The third kappa shape index (κ3) is 4.14. The fourth-order valence-electron chi connectivity index (χ4n) is 2.49. The van der Waals surface area contributed by atoms with E-state index in [4.69, 9.17) is 0 Å². The minimum absolute atomic E-state index is 0.162. The number of hydrogen-bond donors (Lipinski definition) is 0. The molecule has 2 rings (SSSR count). The summed E-state index contributed by atoms with van der Waals surface area (Å²) in [5.74, 6) is 2.83. The van der Waals surface area contributed by atoms with Crippen LogP contribution in [0.25, 0.3) is 0 Å². The molecule has 0 aromatic carbocycles. The van der Waals surface area contributed by atoms with Gasteiger partial charge in [0.05, 0.1) is 6.04 Å². The van der Waals surface area contributed by atoms with Crippen LogP contribution >= 0.6 is 0 Å². The Morgan fingerprint density at radius 2 is 1.90 bits per heavy atom. The first-order valence-corrected chi connectivity index (χ1v) is 7.51. The van der Waals surface area contributed by atoms with Gasteiger partial charge in [-0.25, -0.2) is 14.7 Å². The molecule has 0 amide bonds. The number of likely N-dealkylation sites (N-methyl/N-ethyl adjacent to an activating group) is 1. The molecule has 1 aliphatic heterocycles. The van der Waals surface area contributed by atoms with Gasteiger partial charge in [-0.2, -0.15) is 5.10 Å². The summed E-state index contributed by atoms with van der Waals surface area (Å²) in [5, 5.41) is 4.40. The molecule has 0 N–H and O–H groups in total. The molecule has 21 heavy (non-hydrogen) atoms. The second-order valence-corrected chi connectivity index (χ2v) is 5.70. The number of rotatable bonds is 3. The molecule has 1 aromatic heterocycles. The van der Waals surface area contributed by atoms with Crippen LogP contribution in [-0.4, -0.2) is 63.6 Å². The molecule has 1 fully saturated rings. The van der Waals surface area contributed by atoms with E-state index in [-0.39, 0.29) is 6.04 Å². The van der Waals surface area contributed by atoms with Crippen molar-refractivity contribution in [1.29, 1.82) is 0 Å². The highest BCUT2D eigenvalue weighted by Gasteiger charge is 2.14. The number of hydrogen-bond acceptors (Lipinski definition) is 4. The van der Waals surface area contributed by atoms with Crippen LogP contribution in [0.2, 0.25) is 0 Å². The zero-order valence-corrected chi connectivity index (χ0v) is 13.7.